The van der Waals surface area contributed by atoms with Gasteiger partial charge in [0.15, 0.2) is 5.84 Å². The summed E-state index contributed by atoms with van der Waals surface area (Å²) in [5.41, 5.74) is 7.39. The molecule has 1 aromatic heterocycles. The summed E-state index contributed by atoms with van der Waals surface area (Å²) in [4.78, 5) is 18.2. The van der Waals surface area contributed by atoms with Crippen LogP contribution >= 0.6 is 23.2 Å². The third-order valence-electron chi connectivity index (χ3n) is 3.33. The number of halogens is 2. The smallest absolute Gasteiger partial charge is 0.433 e. The monoisotopic (exact) mass is 351 g/mol. The predicted molar refractivity (Wildman–Crippen MR) is 86.5 cm³/mol. The topological polar surface area (TPSA) is 97.8 Å². The van der Waals surface area contributed by atoms with Gasteiger partial charge in [0.2, 0.25) is 0 Å². The van der Waals surface area contributed by atoms with Gasteiger partial charge in [-0.3, -0.25) is 0 Å². The normalized spacial score (nSPS) is 16.8. The highest BCUT2D eigenvalue weighted by Gasteiger charge is 2.28. The maximum absolute atomic E-state index is 10.6. The Labute approximate surface area is 141 Å². The summed E-state index contributed by atoms with van der Waals surface area (Å²) < 4.78 is 5.84. The van der Waals surface area contributed by atoms with Crippen LogP contribution in [0.5, 0.6) is 5.75 Å². The minimum atomic E-state index is -1.37. The average Bonchev–Trinajstić information content (AvgIpc) is 2.91. The van der Waals surface area contributed by atoms with Gasteiger partial charge in [0.25, 0.3) is 0 Å². The molecule has 8 heteroatoms. The molecule has 0 saturated carbocycles. The number of benzene rings is 1. The number of fused-ring (bicyclic) bond motifs is 1. The van der Waals surface area contributed by atoms with Crippen LogP contribution in [-0.2, 0) is 6.42 Å². The van der Waals surface area contributed by atoms with E-state index in [-0.39, 0.29) is 17.6 Å². The lowest BCUT2D eigenvalue weighted by Crippen LogP contribution is -2.18. The van der Waals surface area contributed by atoms with Crippen molar-refractivity contribution in [3.63, 3.8) is 0 Å². The molecular formula is C15H11Cl2N3O3. The molecule has 0 saturated heterocycles. The maximum atomic E-state index is 10.6. The highest BCUT2D eigenvalue weighted by molar-refractivity contribution is 6.35. The van der Waals surface area contributed by atoms with Gasteiger partial charge in [0.05, 0.1) is 10.7 Å². The standard InChI is InChI=1S/C15H11Cl2N3O3/c16-8-4-7-5-12(23-13(7)9(17)6-8)10-2-1-3-11(19-10)14(18)20-15(21)22/h1-4,6,12H,5H2,(H2,18,20)(H,21,22). The molecule has 3 rings (SSSR count). The fourth-order valence-corrected chi connectivity index (χ4v) is 2.96. The fraction of sp³-hybridized carbons (Fsp3) is 0.133. The largest absolute Gasteiger partial charge is 0.482 e. The number of pyridine rings is 1. The van der Waals surface area contributed by atoms with Crippen molar-refractivity contribution >= 4 is 35.1 Å². The SMILES string of the molecule is N/C(=N\C(=O)O)c1cccc(C2Cc3cc(Cl)cc(Cl)c3O2)n1. The van der Waals surface area contributed by atoms with Crippen LogP contribution in [0.4, 0.5) is 4.79 Å². The summed E-state index contributed by atoms with van der Waals surface area (Å²) in [6, 6.07) is 8.47. The van der Waals surface area contributed by atoms with Crippen molar-refractivity contribution in [1.82, 2.24) is 4.98 Å². The lowest BCUT2D eigenvalue weighted by molar-refractivity contribution is 0.205. The van der Waals surface area contributed by atoms with E-state index in [1.807, 2.05) is 0 Å². The summed E-state index contributed by atoms with van der Waals surface area (Å²) in [7, 11) is 0. The molecule has 1 amide bonds. The molecule has 0 bridgehead atoms. The quantitative estimate of drug-likeness (QED) is 0.637. The van der Waals surface area contributed by atoms with Gasteiger partial charge >= 0.3 is 6.09 Å². The van der Waals surface area contributed by atoms with Crippen molar-refractivity contribution in [3.8, 4) is 5.75 Å². The zero-order chi connectivity index (χ0) is 16.6. The van der Waals surface area contributed by atoms with E-state index >= 15 is 0 Å². The number of nitrogens with zero attached hydrogens (tertiary/aromatic N) is 2. The number of rotatable bonds is 2. The minimum Gasteiger partial charge on any atom is -0.482 e. The Bertz CT molecular complexity index is 824. The van der Waals surface area contributed by atoms with Crippen LogP contribution in [0.25, 0.3) is 0 Å². The Morgan fingerprint density at radius 3 is 2.91 bits per heavy atom. The highest BCUT2D eigenvalue weighted by Crippen LogP contribution is 2.42. The Balaban J connectivity index is 1.90. The zero-order valence-corrected chi connectivity index (χ0v) is 13.2. The molecule has 1 aromatic carbocycles. The van der Waals surface area contributed by atoms with Gasteiger partial charge in [-0.15, -0.1) is 0 Å². The van der Waals surface area contributed by atoms with E-state index in [1.165, 1.54) is 0 Å². The number of carboxylic acid groups (broad SMARTS) is 1. The van der Waals surface area contributed by atoms with Crippen molar-refractivity contribution in [2.24, 2.45) is 10.7 Å². The molecule has 118 valence electrons. The summed E-state index contributed by atoms with van der Waals surface area (Å²) in [5, 5.41) is 9.64. The van der Waals surface area contributed by atoms with Gasteiger partial charge in [-0.1, -0.05) is 29.3 Å². The van der Waals surface area contributed by atoms with E-state index in [9.17, 15) is 4.79 Å². The van der Waals surface area contributed by atoms with Crippen LogP contribution in [0.2, 0.25) is 10.0 Å². The van der Waals surface area contributed by atoms with E-state index in [4.69, 9.17) is 38.8 Å². The van der Waals surface area contributed by atoms with Crippen LogP contribution in [0.15, 0.2) is 35.3 Å². The Kier molecular flexibility index (Phi) is 4.11. The molecule has 2 heterocycles. The van der Waals surface area contributed by atoms with Gasteiger partial charge in [-0.2, -0.15) is 4.99 Å². The molecule has 2 aromatic rings. The Morgan fingerprint density at radius 1 is 1.39 bits per heavy atom. The number of nitrogens with two attached hydrogens (primary N) is 1. The average molecular weight is 352 g/mol. The van der Waals surface area contributed by atoms with Crippen molar-refractivity contribution in [2.75, 3.05) is 0 Å². The van der Waals surface area contributed by atoms with E-state index < -0.39 is 6.09 Å². The molecule has 0 radical (unpaired) electrons. The number of amides is 1. The van der Waals surface area contributed by atoms with Crippen LogP contribution in [0.1, 0.15) is 23.1 Å². The summed E-state index contributed by atoms with van der Waals surface area (Å²) in [6.45, 7) is 0. The first-order chi connectivity index (χ1) is 10.9. The molecule has 23 heavy (non-hydrogen) atoms. The minimum absolute atomic E-state index is 0.170. The molecule has 1 aliphatic heterocycles. The Hall–Kier alpha value is -2.31. The van der Waals surface area contributed by atoms with Crippen LogP contribution in [-0.4, -0.2) is 22.0 Å². The van der Waals surface area contributed by atoms with Crippen molar-refractivity contribution in [2.45, 2.75) is 12.5 Å². The summed E-state index contributed by atoms with van der Waals surface area (Å²) in [5.74, 6) is 0.413. The van der Waals surface area contributed by atoms with Crippen molar-refractivity contribution < 1.29 is 14.6 Å². The van der Waals surface area contributed by atoms with Crippen molar-refractivity contribution in [1.29, 1.82) is 0 Å². The predicted octanol–water partition coefficient (Wildman–Crippen LogP) is 3.45. The van der Waals surface area contributed by atoms with E-state index in [0.717, 1.165) is 5.56 Å². The second-order valence-electron chi connectivity index (χ2n) is 4.91. The molecule has 0 fully saturated rings. The molecule has 0 spiro atoms. The first-order valence-electron chi connectivity index (χ1n) is 6.63. The fourth-order valence-electron chi connectivity index (χ4n) is 2.38. The highest BCUT2D eigenvalue weighted by atomic mass is 35.5. The second-order valence-corrected chi connectivity index (χ2v) is 5.76. The number of ether oxygens (including phenoxy) is 1. The first kappa shape index (κ1) is 15.6. The van der Waals surface area contributed by atoms with Crippen LogP contribution in [0, 0.1) is 0 Å². The molecule has 3 N–H and O–H groups in total. The van der Waals surface area contributed by atoms with Gasteiger partial charge in [0, 0.05) is 17.0 Å². The van der Waals surface area contributed by atoms with E-state index in [1.54, 1.807) is 30.3 Å². The number of amidine groups is 1. The molecule has 1 unspecified atom stereocenters. The van der Waals surface area contributed by atoms with Gasteiger partial charge in [-0.05, 0) is 24.3 Å². The van der Waals surface area contributed by atoms with Crippen LogP contribution < -0.4 is 10.5 Å². The lowest BCUT2D eigenvalue weighted by Gasteiger charge is -2.11. The Morgan fingerprint density at radius 2 is 2.17 bits per heavy atom. The van der Waals surface area contributed by atoms with Gasteiger partial charge in [-0.25, -0.2) is 9.78 Å². The number of carbonyl (C=O) groups is 1. The zero-order valence-electron chi connectivity index (χ0n) is 11.7. The molecule has 1 aliphatic rings. The van der Waals surface area contributed by atoms with Crippen molar-refractivity contribution in [3.05, 3.63) is 57.3 Å². The summed E-state index contributed by atoms with van der Waals surface area (Å²) in [6.07, 6.45) is -1.17. The number of hydrogen-bond donors (Lipinski definition) is 2. The van der Waals surface area contributed by atoms with E-state index in [2.05, 4.69) is 9.98 Å². The molecular weight excluding hydrogens is 341 g/mol. The molecule has 0 aliphatic carbocycles. The van der Waals surface area contributed by atoms with Crippen LogP contribution in [0.3, 0.4) is 0 Å². The molecule has 1 atom stereocenters. The third kappa shape index (κ3) is 3.23. The first-order valence-corrected chi connectivity index (χ1v) is 7.38. The summed E-state index contributed by atoms with van der Waals surface area (Å²) >= 11 is 12.1. The van der Waals surface area contributed by atoms with Gasteiger partial charge in [0.1, 0.15) is 17.5 Å². The lowest BCUT2D eigenvalue weighted by atomic mass is 10.1. The number of aromatic nitrogens is 1. The number of hydrogen-bond acceptors (Lipinski definition) is 3. The second kappa shape index (κ2) is 6.06. The number of aliphatic imine (C=N–C) groups is 1. The molecule has 6 nitrogen and oxygen atoms in total. The van der Waals surface area contributed by atoms with Gasteiger partial charge < -0.3 is 15.6 Å². The van der Waals surface area contributed by atoms with E-state index in [0.29, 0.717) is 27.9 Å². The maximum Gasteiger partial charge on any atom is 0.433 e. The third-order valence-corrected chi connectivity index (χ3v) is 3.83.